The Bertz CT molecular complexity index is 324. The number of ketones is 2. The Labute approximate surface area is 127 Å². The molecule has 0 atom stereocenters. The van der Waals surface area contributed by atoms with Crippen LogP contribution in [0.1, 0.15) is 44.9 Å². The fourth-order valence-electron chi connectivity index (χ4n) is 1.97. The molecule has 1 aliphatic heterocycles. The van der Waals surface area contributed by atoms with Crippen molar-refractivity contribution in [2.24, 2.45) is 0 Å². The minimum absolute atomic E-state index is 0.151. The first-order valence-electron chi connectivity index (χ1n) is 7.83. The molecule has 0 saturated carbocycles. The summed E-state index contributed by atoms with van der Waals surface area (Å²) in [7, 11) is 0. The second-order valence-corrected chi connectivity index (χ2v) is 5.10. The molecule has 4 heteroatoms. The van der Waals surface area contributed by atoms with Gasteiger partial charge in [0.15, 0.2) is 11.6 Å². The van der Waals surface area contributed by atoms with Crippen LogP contribution in [-0.2, 0) is 19.1 Å². The van der Waals surface area contributed by atoms with Crippen molar-refractivity contribution in [1.82, 2.24) is 0 Å². The molecule has 0 aliphatic carbocycles. The van der Waals surface area contributed by atoms with Gasteiger partial charge in [0, 0.05) is 26.1 Å². The Morgan fingerprint density at radius 1 is 0.667 bits per heavy atom. The molecule has 0 aromatic carbocycles. The van der Waals surface area contributed by atoms with E-state index in [4.69, 9.17) is 9.47 Å². The molecule has 0 N–H and O–H groups in total. The van der Waals surface area contributed by atoms with Crippen LogP contribution in [0.3, 0.4) is 0 Å². The van der Waals surface area contributed by atoms with E-state index in [2.05, 4.69) is 0 Å². The third-order valence-corrected chi connectivity index (χ3v) is 3.14. The van der Waals surface area contributed by atoms with Crippen LogP contribution >= 0.6 is 0 Å². The lowest BCUT2D eigenvalue weighted by molar-refractivity contribution is -0.115. The Balaban J connectivity index is 2.32. The number of carbonyl (C=O) groups excluding carboxylic acids is 2. The predicted molar refractivity (Wildman–Crippen MR) is 82.3 cm³/mol. The molecule has 0 bridgehead atoms. The van der Waals surface area contributed by atoms with E-state index >= 15 is 0 Å². The fraction of sp³-hybridized carbons (Fsp3) is 0.647. The van der Waals surface area contributed by atoms with Crippen molar-refractivity contribution in [2.75, 3.05) is 26.4 Å². The summed E-state index contributed by atoms with van der Waals surface area (Å²) in [6, 6.07) is 0. The first-order valence-corrected chi connectivity index (χ1v) is 7.83. The SMILES string of the molecule is O=C1/C=C/CCC/C=C/C(=O)CCCOCCOCCC1. The lowest BCUT2D eigenvalue weighted by atomic mass is 10.1. The van der Waals surface area contributed by atoms with E-state index in [1.165, 1.54) is 0 Å². The molecule has 1 rings (SSSR count). The first kappa shape index (κ1) is 17.8. The van der Waals surface area contributed by atoms with Crippen LogP contribution in [0, 0.1) is 0 Å². The summed E-state index contributed by atoms with van der Waals surface area (Å²) in [4.78, 5) is 23.1. The van der Waals surface area contributed by atoms with Gasteiger partial charge in [-0.1, -0.05) is 12.2 Å². The van der Waals surface area contributed by atoms with Crippen LogP contribution in [0.2, 0.25) is 0 Å². The minimum Gasteiger partial charge on any atom is -0.379 e. The van der Waals surface area contributed by atoms with Crippen molar-refractivity contribution >= 4 is 11.6 Å². The Kier molecular flexibility index (Phi) is 10.6. The van der Waals surface area contributed by atoms with Crippen molar-refractivity contribution in [2.45, 2.75) is 44.9 Å². The summed E-state index contributed by atoms with van der Waals surface area (Å²) in [5.74, 6) is 0.303. The molecule has 0 aromatic rings. The molecule has 0 aromatic heterocycles. The highest BCUT2D eigenvalue weighted by Gasteiger charge is 1.99. The van der Waals surface area contributed by atoms with Gasteiger partial charge in [-0.3, -0.25) is 9.59 Å². The molecule has 21 heavy (non-hydrogen) atoms. The Morgan fingerprint density at radius 2 is 1.14 bits per heavy atom. The third kappa shape index (κ3) is 11.1. The summed E-state index contributed by atoms with van der Waals surface area (Å²) in [6.45, 7) is 2.26. The summed E-state index contributed by atoms with van der Waals surface area (Å²) in [5, 5.41) is 0. The number of hydrogen-bond donors (Lipinski definition) is 0. The van der Waals surface area contributed by atoms with Gasteiger partial charge in [-0.15, -0.1) is 0 Å². The van der Waals surface area contributed by atoms with Crippen LogP contribution in [-0.4, -0.2) is 38.0 Å². The molecule has 0 radical (unpaired) electrons. The van der Waals surface area contributed by atoms with Crippen molar-refractivity contribution < 1.29 is 19.1 Å². The van der Waals surface area contributed by atoms with Crippen molar-refractivity contribution in [3.05, 3.63) is 24.3 Å². The highest BCUT2D eigenvalue weighted by Crippen LogP contribution is 2.02. The number of hydrogen-bond acceptors (Lipinski definition) is 4. The van der Waals surface area contributed by atoms with E-state index in [0.29, 0.717) is 39.3 Å². The topological polar surface area (TPSA) is 52.6 Å². The Morgan fingerprint density at radius 3 is 1.62 bits per heavy atom. The van der Waals surface area contributed by atoms with Crippen LogP contribution in [0.5, 0.6) is 0 Å². The smallest absolute Gasteiger partial charge is 0.155 e. The van der Waals surface area contributed by atoms with Crippen LogP contribution in [0.15, 0.2) is 24.3 Å². The zero-order valence-electron chi connectivity index (χ0n) is 12.7. The fourth-order valence-corrected chi connectivity index (χ4v) is 1.97. The molecule has 118 valence electrons. The van der Waals surface area contributed by atoms with E-state index in [-0.39, 0.29) is 11.6 Å². The second kappa shape index (κ2) is 12.5. The van der Waals surface area contributed by atoms with Gasteiger partial charge in [-0.25, -0.2) is 0 Å². The molecule has 4 nitrogen and oxygen atoms in total. The summed E-state index contributed by atoms with van der Waals surface area (Å²) in [6.07, 6.45) is 12.4. The van der Waals surface area contributed by atoms with Crippen molar-refractivity contribution in [3.8, 4) is 0 Å². The Hall–Kier alpha value is -1.26. The highest BCUT2D eigenvalue weighted by atomic mass is 16.5. The maximum Gasteiger partial charge on any atom is 0.155 e. The van der Waals surface area contributed by atoms with Crippen LogP contribution in [0.25, 0.3) is 0 Å². The molecule has 0 unspecified atom stereocenters. The van der Waals surface area contributed by atoms with E-state index in [1.807, 2.05) is 12.2 Å². The quantitative estimate of drug-likeness (QED) is 0.689. The summed E-state index contributed by atoms with van der Waals surface area (Å²) >= 11 is 0. The van der Waals surface area contributed by atoms with E-state index in [0.717, 1.165) is 32.1 Å². The lowest BCUT2D eigenvalue weighted by Gasteiger charge is -2.05. The third-order valence-electron chi connectivity index (χ3n) is 3.14. The number of carbonyl (C=O) groups is 2. The second-order valence-electron chi connectivity index (χ2n) is 5.10. The number of ether oxygens (including phenoxy) is 2. The average molecular weight is 294 g/mol. The number of rotatable bonds is 0. The maximum atomic E-state index is 11.5. The molecule has 1 heterocycles. The van der Waals surface area contributed by atoms with E-state index < -0.39 is 0 Å². The minimum atomic E-state index is 0.151. The maximum absolute atomic E-state index is 11.5. The van der Waals surface area contributed by atoms with E-state index in [9.17, 15) is 9.59 Å². The molecule has 0 amide bonds. The molecule has 0 saturated heterocycles. The van der Waals surface area contributed by atoms with Gasteiger partial charge >= 0.3 is 0 Å². The van der Waals surface area contributed by atoms with Gasteiger partial charge in [0.25, 0.3) is 0 Å². The van der Waals surface area contributed by atoms with Gasteiger partial charge in [0.1, 0.15) is 0 Å². The zero-order chi connectivity index (χ0) is 15.2. The zero-order valence-corrected chi connectivity index (χ0v) is 12.7. The molecular formula is C17H26O4. The van der Waals surface area contributed by atoms with E-state index in [1.54, 1.807) is 12.2 Å². The van der Waals surface area contributed by atoms with Crippen LogP contribution in [0.4, 0.5) is 0 Å². The largest absolute Gasteiger partial charge is 0.379 e. The van der Waals surface area contributed by atoms with Gasteiger partial charge in [0.2, 0.25) is 0 Å². The van der Waals surface area contributed by atoms with Crippen LogP contribution < -0.4 is 0 Å². The van der Waals surface area contributed by atoms with Crippen molar-refractivity contribution in [1.29, 1.82) is 0 Å². The highest BCUT2D eigenvalue weighted by molar-refractivity contribution is 5.89. The molecular weight excluding hydrogens is 268 g/mol. The van der Waals surface area contributed by atoms with Gasteiger partial charge in [-0.05, 0) is 44.3 Å². The number of allylic oxidation sites excluding steroid dienone is 4. The van der Waals surface area contributed by atoms with Gasteiger partial charge < -0.3 is 9.47 Å². The molecule has 0 fully saturated rings. The normalized spacial score (nSPS) is 24.6. The standard InChI is InChI=1S/C17H26O4/c18-16-8-4-2-1-3-5-9-17(19)11-7-13-21-15-14-20-12-6-10-16/h4-5,8-9H,1-3,6-7,10-15H2/b8-4+,9-5+. The first-order chi connectivity index (χ1) is 10.3. The summed E-state index contributed by atoms with van der Waals surface area (Å²) in [5.41, 5.74) is 0. The van der Waals surface area contributed by atoms with Crippen molar-refractivity contribution in [3.63, 3.8) is 0 Å². The molecule has 1 aliphatic rings. The predicted octanol–water partition coefficient (Wildman–Crippen LogP) is 3.01. The summed E-state index contributed by atoms with van der Waals surface area (Å²) < 4.78 is 10.8. The van der Waals surface area contributed by atoms with Gasteiger partial charge in [-0.2, -0.15) is 0 Å². The lowest BCUT2D eigenvalue weighted by Crippen LogP contribution is -2.07. The molecule has 0 spiro atoms. The monoisotopic (exact) mass is 294 g/mol. The average Bonchev–Trinajstić information content (AvgIpc) is 2.47. The van der Waals surface area contributed by atoms with Gasteiger partial charge in [0.05, 0.1) is 13.2 Å².